The first-order chi connectivity index (χ1) is 11.2. The van der Waals surface area contributed by atoms with Crippen molar-refractivity contribution in [3.63, 3.8) is 0 Å². The lowest BCUT2D eigenvalue weighted by atomic mass is 10.3. The Labute approximate surface area is 152 Å². The predicted molar refractivity (Wildman–Crippen MR) is 101 cm³/mol. The summed E-state index contributed by atoms with van der Waals surface area (Å²) >= 11 is 2.24. The third-order valence-electron chi connectivity index (χ3n) is 4.07. The number of hydrogen-bond acceptors (Lipinski definition) is 4. The van der Waals surface area contributed by atoms with Crippen LogP contribution in [0.2, 0.25) is 0 Å². The van der Waals surface area contributed by atoms with Gasteiger partial charge in [-0.15, -0.1) is 0 Å². The second-order valence-corrected chi connectivity index (χ2v) is 6.97. The summed E-state index contributed by atoms with van der Waals surface area (Å²) in [4.78, 5) is 16.7. The molecule has 0 unspecified atom stereocenters. The highest BCUT2D eigenvalue weighted by molar-refractivity contribution is 14.1. The van der Waals surface area contributed by atoms with Gasteiger partial charge in [-0.2, -0.15) is 0 Å². The van der Waals surface area contributed by atoms with Gasteiger partial charge in [-0.3, -0.25) is 4.79 Å². The Morgan fingerprint density at radius 3 is 2.48 bits per heavy atom. The summed E-state index contributed by atoms with van der Waals surface area (Å²) in [5.41, 5.74) is 0. The monoisotopic (exact) mass is 431 g/mol. The molecule has 1 aliphatic heterocycles. The van der Waals surface area contributed by atoms with E-state index < -0.39 is 0 Å². The van der Waals surface area contributed by atoms with Crippen molar-refractivity contribution in [2.24, 2.45) is 0 Å². The quantitative estimate of drug-likeness (QED) is 0.504. The lowest BCUT2D eigenvalue weighted by Gasteiger charge is -2.33. The summed E-state index contributed by atoms with van der Waals surface area (Å²) in [7, 11) is 0. The van der Waals surface area contributed by atoms with Crippen LogP contribution in [-0.2, 0) is 4.79 Å². The molecule has 0 aromatic heterocycles. The van der Waals surface area contributed by atoms with E-state index in [0.717, 1.165) is 55.0 Å². The average Bonchev–Trinajstić information content (AvgIpc) is 2.59. The van der Waals surface area contributed by atoms with Crippen molar-refractivity contribution in [1.29, 1.82) is 0 Å². The number of benzene rings is 1. The van der Waals surface area contributed by atoms with Crippen LogP contribution in [0.3, 0.4) is 0 Å². The Hall–Kier alpha value is -0.860. The van der Waals surface area contributed by atoms with Crippen LogP contribution < -0.4 is 10.1 Å². The van der Waals surface area contributed by atoms with Gasteiger partial charge in [0.05, 0.1) is 0 Å². The number of likely N-dealkylation sites (N-methyl/N-ethyl adjacent to an activating group) is 1. The zero-order chi connectivity index (χ0) is 16.5. The van der Waals surface area contributed by atoms with E-state index in [2.05, 4.69) is 44.6 Å². The average molecular weight is 431 g/mol. The lowest BCUT2D eigenvalue weighted by molar-refractivity contribution is -0.123. The van der Waals surface area contributed by atoms with E-state index in [1.54, 1.807) is 0 Å². The summed E-state index contributed by atoms with van der Waals surface area (Å²) in [6, 6.07) is 7.69. The zero-order valence-electron chi connectivity index (χ0n) is 13.8. The number of nitrogens with one attached hydrogen (secondary N) is 1. The Morgan fingerprint density at radius 2 is 1.83 bits per heavy atom. The number of carbonyl (C=O) groups excluding carboxylic acids is 1. The Morgan fingerprint density at radius 1 is 1.17 bits per heavy atom. The van der Waals surface area contributed by atoms with Crippen LogP contribution in [-0.4, -0.2) is 68.1 Å². The molecule has 128 valence electrons. The van der Waals surface area contributed by atoms with Gasteiger partial charge in [0.2, 0.25) is 0 Å². The van der Waals surface area contributed by atoms with Gasteiger partial charge in [0, 0.05) is 36.3 Å². The smallest absolute Gasteiger partial charge is 0.257 e. The molecule has 5 nitrogen and oxygen atoms in total. The number of rotatable bonds is 8. The molecule has 1 aromatic carbocycles. The molecular weight excluding hydrogens is 405 g/mol. The molecule has 1 aromatic rings. The number of halogens is 1. The maximum atomic E-state index is 11.8. The van der Waals surface area contributed by atoms with Crippen LogP contribution in [0.4, 0.5) is 0 Å². The minimum absolute atomic E-state index is 0.0562. The molecule has 0 saturated carbocycles. The van der Waals surface area contributed by atoms with Gasteiger partial charge in [-0.25, -0.2) is 0 Å². The number of piperazine rings is 1. The highest BCUT2D eigenvalue weighted by Crippen LogP contribution is 2.13. The van der Waals surface area contributed by atoms with Crippen molar-refractivity contribution in [3.8, 4) is 5.75 Å². The van der Waals surface area contributed by atoms with Crippen molar-refractivity contribution >= 4 is 28.5 Å². The molecule has 1 aliphatic rings. The fourth-order valence-corrected chi connectivity index (χ4v) is 2.95. The van der Waals surface area contributed by atoms with Gasteiger partial charge in [-0.05, 0) is 66.4 Å². The van der Waals surface area contributed by atoms with E-state index in [1.807, 2.05) is 24.3 Å². The zero-order valence-corrected chi connectivity index (χ0v) is 15.9. The van der Waals surface area contributed by atoms with Gasteiger partial charge in [0.15, 0.2) is 6.61 Å². The van der Waals surface area contributed by atoms with Crippen LogP contribution >= 0.6 is 22.6 Å². The Balaban J connectivity index is 1.52. The molecular formula is C17H26IN3O2. The predicted octanol–water partition coefficient (Wildman–Crippen LogP) is 1.81. The number of ether oxygens (including phenoxy) is 1. The molecule has 0 bridgehead atoms. The topological polar surface area (TPSA) is 44.8 Å². The molecule has 23 heavy (non-hydrogen) atoms. The second kappa shape index (κ2) is 10.1. The van der Waals surface area contributed by atoms with Gasteiger partial charge < -0.3 is 19.9 Å². The molecule has 1 fully saturated rings. The minimum atomic E-state index is -0.0562. The molecule has 1 heterocycles. The normalized spacial score (nSPS) is 16.3. The van der Waals surface area contributed by atoms with E-state index >= 15 is 0 Å². The van der Waals surface area contributed by atoms with Crippen molar-refractivity contribution in [1.82, 2.24) is 15.1 Å². The van der Waals surface area contributed by atoms with Gasteiger partial charge in [-0.1, -0.05) is 6.92 Å². The van der Waals surface area contributed by atoms with Gasteiger partial charge >= 0.3 is 0 Å². The SMILES string of the molecule is CCN1CCN(CCCNC(=O)COc2ccc(I)cc2)CC1. The first-order valence-corrected chi connectivity index (χ1v) is 9.35. The summed E-state index contributed by atoms with van der Waals surface area (Å²) < 4.78 is 6.61. The maximum absolute atomic E-state index is 11.8. The van der Waals surface area contributed by atoms with Crippen LogP contribution in [0, 0.1) is 3.57 Å². The molecule has 0 spiro atoms. The van der Waals surface area contributed by atoms with Crippen molar-refractivity contribution in [2.45, 2.75) is 13.3 Å². The molecule has 2 rings (SSSR count). The largest absolute Gasteiger partial charge is 0.484 e. The molecule has 0 radical (unpaired) electrons. The highest BCUT2D eigenvalue weighted by atomic mass is 127. The number of amides is 1. The molecule has 0 aliphatic carbocycles. The number of nitrogens with zero attached hydrogens (tertiary/aromatic N) is 2. The fraction of sp³-hybridized carbons (Fsp3) is 0.588. The third kappa shape index (κ3) is 7.05. The van der Waals surface area contributed by atoms with E-state index in [9.17, 15) is 4.79 Å². The minimum Gasteiger partial charge on any atom is -0.484 e. The van der Waals surface area contributed by atoms with Crippen LogP contribution in [0.1, 0.15) is 13.3 Å². The molecule has 1 saturated heterocycles. The number of carbonyl (C=O) groups is 1. The van der Waals surface area contributed by atoms with Gasteiger partial charge in [0.1, 0.15) is 5.75 Å². The van der Waals surface area contributed by atoms with Crippen LogP contribution in [0.25, 0.3) is 0 Å². The molecule has 6 heteroatoms. The summed E-state index contributed by atoms with van der Waals surface area (Å²) in [5.74, 6) is 0.675. The first-order valence-electron chi connectivity index (χ1n) is 8.27. The first kappa shape index (κ1) is 18.5. The summed E-state index contributed by atoms with van der Waals surface area (Å²) in [6.07, 6.45) is 0.987. The second-order valence-electron chi connectivity index (χ2n) is 5.72. The van der Waals surface area contributed by atoms with Crippen molar-refractivity contribution in [3.05, 3.63) is 27.8 Å². The van der Waals surface area contributed by atoms with Crippen LogP contribution in [0.5, 0.6) is 5.75 Å². The maximum Gasteiger partial charge on any atom is 0.257 e. The molecule has 0 atom stereocenters. The number of hydrogen-bond donors (Lipinski definition) is 1. The third-order valence-corrected chi connectivity index (χ3v) is 4.79. The van der Waals surface area contributed by atoms with E-state index in [-0.39, 0.29) is 12.5 Å². The fourth-order valence-electron chi connectivity index (χ4n) is 2.59. The Bertz CT molecular complexity index is 473. The standard InChI is InChI=1S/C17H26IN3O2/c1-2-20-10-12-21(13-11-20)9-3-8-19-17(22)14-23-16-6-4-15(18)5-7-16/h4-7H,2-3,8-14H2,1H3,(H,19,22). The summed E-state index contributed by atoms with van der Waals surface area (Å²) in [5, 5.41) is 2.92. The van der Waals surface area contributed by atoms with E-state index in [4.69, 9.17) is 4.74 Å². The highest BCUT2D eigenvalue weighted by Gasteiger charge is 2.14. The van der Waals surface area contributed by atoms with E-state index in [1.165, 1.54) is 0 Å². The summed E-state index contributed by atoms with van der Waals surface area (Å²) in [6.45, 7) is 9.79. The van der Waals surface area contributed by atoms with Gasteiger partial charge in [0.25, 0.3) is 5.91 Å². The molecule has 1 amide bonds. The van der Waals surface area contributed by atoms with Crippen LogP contribution in [0.15, 0.2) is 24.3 Å². The lowest BCUT2D eigenvalue weighted by Crippen LogP contribution is -2.46. The Kier molecular flexibility index (Phi) is 8.11. The van der Waals surface area contributed by atoms with Crippen molar-refractivity contribution in [2.75, 3.05) is 52.4 Å². The molecule has 1 N–H and O–H groups in total. The van der Waals surface area contributed by atoms with Crippen molar-refractivity contribution < 1.29 is 9.53 Å². The van der Waals surface area contributed by atoms with E-state index in [0.29, 0.717) is 6.54 Å².